The molecule has 0 heterocycles. The molecule has 0 saturated carbocycles. The molecule has 6 nitrogen and oxygen atoms in total. The molecule has 2 rings (SSSR count). The normalized spacial score (nSPS) is 10.9. The third kappa shape index (κ3) is 5.28. The molecule has 0 aliphatic heterocycles. The van der Waals surface area contributed by atoms with Crippen LogP contribution in [0.3, 0.4) is 0 Å². The molecule has 0 amide bonds. The number of rotatable bonds is 10. The first-order valence-corrected chi connectivity index (χ1v) is 8.13. The van der Waals surface area contributed by atoms with E-state index in [0.29, 0.717) is 5.75 Å². The molecule has 0 radical (unpaired) electrons. The molecule has 2 aromatic carbocycles. The van der Waals surface area contributed by atoms with Crippen molar-refractivity contribution in [3.05, 3.63) is 59.2 Å². The lowest BCUT2D eigenvalue weighted by atomic mass is 10.1. The van der Waals surface area contributed by atoms with Gasteiger partial charge in [0.05, 0.1) is 7.11 Å². The number of carbonyl (C=O) groups is 1. The Balaban J connectivity index is 2.45. The molecule has 150 valence electrons. The molecule has 0 aromatic heterocycles. The van der Waals surface area contributed by atoms with Crippen LogP contribution >= 0.6 is 0 Å². The highest BCUT2D eigenvalue weighted by atomic mass is 19.2. The molecule has 0 N–H and O–H groups in total. The molecule has 2 aromatic rings. The fourth-order valence-electron chi connectivity index (χ4n) is 2.30. The molecule has 28 heavy (non-hydrogen) atoms. The predicted molar refractivity (Wildman–Crippen MR) is 97.7 cm³/mol. The monoisotopic (exact) mass is 394 g/mol. The van der Waals surface area contributed by atoms with Crippen LogP contribution in [0.1, 0.15) is 15.9 Å². The number of benzene rings is 2. The van der Waals surface area contributed by atoms with Gasteiger partial charge in [-0.3, -0.25) is 4.79 Å². The van der Waals surface area contributed by atoms with E-state index in [9.17, 15) is 13.6 Å². The Labute approximate surface area is 161 Å². The van der Waals surface area contributed by atoms with Crippen molar-refractivity contribution in [3.8, 4) is 17.2 Å². The van der Waals surface area contributed by atoms with E-state index < -0.39 is 17.4 Å². The molecule has 0 aliphatic rings. The van der Waals surface area contributed by atoms with E-state index in [0.717, 1.165) is 12.1 Å². The SMILES string of the molecule is COCOc1cc(OC)cc(OCOC)c1C(=O)/C=C/c1cccc(F)c1F. The number of ketones is 1. The Hall–Kier alpha value is -2.97. The van der Waals surface area contributed by atoms with Crippen molar-refractivity contribution >= 4 is 11.9 Å². The number of hydrogen-bond acceptors (Lipinski definition) is 6. The van der Waals surface area contributed by atoms with Crippen LogP contribution in [0.2, 0.25) is 0 Å². The van der Waals surface area contributed by atoms with Gasteiger partial charge in [-0.15, -0.1) is 0 Å². The van der Waals surface area contributed by atoms with Gasteiger partial charge >= 0.3 is 0 Å². The zero-order valence-electron chi connectivity index (χ0n) is 15.7. The van der Waals surface area contributed by atoms with E-state index in [1.165, 1.54) is 51.7 Å². The molecule has 0 bridgehead atoms. The van der Waals surface area contributed by atoms with Crippen LogP contribution in [0.5, 0.6) is 17.2 Å². The summed E-state index contributed by atoms with van der Waals surface area (Å²) in [5.41, 5.74) is -0.0106. The van der Waals surface area contributed by atoms with Gasteiger partial charge in [0, 0.05) is 31.9 Å². The van der Waals surface area contributed by atoms with Crippen LogP contribution in [-0.4, -0.2) is 40.7 Å². The second-order valence-electron chi connectivity index (χ2n) is 5.44. The lowest BCUT2D eigenvalue weighted by Gasteiger charge is -2.15. The highest BCUT2D eigenvalue weighted by Crippen LogP contribution is 2.35. The van der Waals surface area contributed by atoms with Crippen molar-refractivity contribution in [1.29, 1.82) is 0 Å². The van der Waals surface area contributed by atoms with Gasteiger partial charge in [0.2, 0.25) is 0 Å². The van der Waals surface area contributed by atoms with Crippen LogP contribution < -0.4 is 14.2 Å². The van der Waals surface area contributed by atoms with Crippen LogP contribution in [-0.2, 0) is 9.47 Å². The highest BCUT2D eigenvalue weighted by Gasteiger charge is 2.20. The fraction of sp³-hybridized carbons (Fsp3) is 0.250. The fourth-order valence-corrected chi connectivity index (χ4v) is 2.30. The molecule has 0 unspecified atom stereocenters. The van der Waals surface area contributed by atoms with Crippen molar-refractivity contribution in [2.45, 2.75) is 0 Å². The number of halogens is 2. The van der Waals surface area contributed by atoms with Gasteiger partial charge in [0.15, 0.2) is 31.0 Å². The van der Waals surface area contributed by atoms with Crippen molar-refractivity contribution in [2.24, 2.45) is 0 Å². The van der Waals surface area contributed by atoms with E-state index in [2.05, 4.69) is 0 Å². The van der Waals surface area contributed by atoms with Gasteiger partial charge in [-0.1, -0.05) is 12.1 Å². The lowest BCUT2D eigenvalue weighted by molar-refractivity contribution is 0.0444. The average molecular weight is 394 g/mol. The Morgan fingerprint density at radius 3 is 2.14 bits per heavy atom. The molecule has 0 atom stereocenters. The molecular weight excluding hydrogens is 374 g/mol. The maximum atomic E-state index is 13.8. The summed E-state index contributed by atoms with van der Waals surface area (Å²) in [4.78, 5) is 12.8. The first kappa shape index (κ1) is 21.3. The summed E-state index contributed by atoms with van der Waals surface area (Å²) in [6, 6.07) is 6.66. The standard InChI is InChI=1S/C20H20F2O6/c1-24-11-27-17-9-14(26-3)10-18(28-12-25-2)19(17)16(23)8-7-13-5-4-6-15(21)20(13)22/h4-10H,11-12H2,1-3H3/b8-7+. The topological polar surface area (TPSA) is 63.2 Å². The van der Waals surface area contributed by atoms with E-state index in [1.54, 1.807) is 0 Å². The zero-order valence-corrected chi connectivity index (χ0v) is 15.7. The van der Waals surface area contributed by atoms with E-state index in [1.807, 2.05) is 0 Å². The molecule has 8 heteroatoms. The smallest absolute Gasteiger partial charge is 0.193 e. The maximum Gasteiger partial charge on any atom is 0.193 e. The Morgan fingerprint density at radius 1 is 1.00 bits per heavy atom. The highest BCUT2D eigenvalue weighted by molar-refractivity contribution is 6.10. The summed E-state index contributed by atoms with van der Waals surface area (Å²) in [6.07, 6.45) is 2.27. The van der Waals surface area contributed by atoms with Gasteiger partial charge in [-0.2, -0.15) is 0 Å². The second kappa shape index (κ2) is 10.4. The van der Waals surface area contributed by atoms with Crippen molar-refractivity contribution in [2.75, 3.05) is 34.9 Å². The Kier molecular flexibility index (Phi) is 7.91. The van der Waals surface area contributed by atoms with Crippen LogP contribution in [0, 0.1) is 11.6 Å². The van der Waals surface area contributed by atoms with E-state index in [4.69, 9.17) is 23.7 Å². The number of hydrogen-bond donors (Lipinski definition) is 0. The molecule has 0 aliphatic carbocycles. The number of carbonyl (C=O) groups excluding carboxylic acids is 1. The Bertz CT molecular complexity index is 822. The van der Waals surface area contributed by atoms with Gasteiger partial charge in [-0.25, -0.2) is 8.78 Å². The van der Waals surface area contributed by atoms with Gasteiger partial charge in [0.25, 0.3) is 0 Å². The van der Waals surface area contributed by atoms with Gasteiger partial charge < -0.3 is 23.7 Å². The summed E-state index contributed by atoms with van der Waals surface area (Å²) in [7, 11) is 4.30. The van der Waals surface area contributed by atoms with Crippen molar-refractivity contribution < 1.29 is 37.3 Å². The predicted octanol–water partition coefficient (Wildman–Crippen LogP) is 3.83. The maximum absolute atomic E-state index is 13.8. The van der Waals surface area contributed by atoms with E-state index >= 15 is 0 Å². The van der Waals surface area contributed by atoms with Crippen LogP contribution in [0.4, 0.5) is 8.78 Å². The first-order valence-electron chi connectivity index (χ1n) is 8.13. The molecule has 0 spiro atoms. The third-order valence-electron chi connectivity index (χ3n) is 3.58. The molecule has 0 saturated heterocycles. The quantitative estimate of drug-likeness (QED) is 0.347. The summed E-state index contributed by atoms with van der Waals surface area (Å²) >= 11 is 0. The van der Waals surface area contributed by atoms with Gasteiger partial charge in [0.1, 0.15) is 22.8 Å². The average Bonchev–Trinajstić information content (AvgIpc) is 2.70. The number of ether oxygens (including phenoxy) is 5. The summed E-state index contributed by atoms with van der Waals surface area (Å²) in [5, 5.41) is 0. The Morgan fingerprint density at radius 2 is 1.61 bits per heavy atom. The number of methoxy groups -OCH3 is 3. The van der Waals surface area contributed by atoms with E-state index in [-0.39, 0.29) is 36.2 Å². The minimum absolute atomic E-state index is 0.0583. The van der Waals surface area contributed by atoms with Crippen molar-refractivity contribution in [3.63, 3.8) is 0 Å². The number of allylic oxidation sites excluding steroid dienone is 1. The largest absolute Gasteiger partial charge is 0.496 e. The van der Waals surface area contributed by atoms with Crippen molar-refractivity contribution in [1.82, 2.24) is 0 Å². The second-order valence-corrected chi connectivity index (χ2v) is 5.44. The summed E-state index contributed by atoms with van der Waals surface area (Å²) in [5.74, 6) is -1.94. The molecular formula is C20H20F2O6. The summed E-state index contributed by atoms with van der Waals surface area (Å²) < 4.78 is 53.0. The van der Waals surface area contributed by atoms with Gasteiger partial charge in [-0.05, 0) is 18.2 Å². The zero-order chi connectivity index (χ0) is 20.5. The van der Waals surface area contributed by atoms with Crippen LogP contribution in [0.15, 0.2) is 36.4 Å². The minimum Gasteiger partial charge on any atom is -0.496 e. The summed E-state index contributed by atoms with van der Waals surface area (Å²) in [6.45, 7) is -0.251. The molecule has 0 fully saturated rings. The minimum atomic E-state index is -1.05. The third-order valence-corrected chi connectivity index (χ3v) is 3.58. The first-order chi connectivity index (χ1) is 13.5. The van der Waals surface area contributed by atoms with Crippen LogP contribution in [0.25, 0.3) is 6.08 Å². The lowest BCUT2D eigenvalue weighted by Crippen LogP contribution is -2.09.